The number of hydrazone groups is 1. The van der Waals surface area contributed by atoms with Gasteiger partial charge in [-0.15, -0.1) is 5.10 Å². The molecule has 5 nitrogen and oxygen atoms in total. The van der Waals surface area contributed by atoms with Gasteiger partial charge in [0, 0.05) is 15.7 Å². The van der Waals surface area contributed by atoms with E-state index >= 15 is 0 Å². The third-order valence-electron chi connectivity index (χ3n) is 2.48. The van der Waals surface area contributed by atoms with E-state index in [9.17, 15) is 0 Å². The zero-order chi connectivity index (χ0) is 12.3. The second-order valence-corrected chi connectivity index (χ2v) is 4.63. The highest BCUT2D eigenvalue weighted by Gasteiger charge is 2.10. The zero-order valence-electron chi connectivity index (χ0n) is 9.55. The molecule has 0 bridgehead atoms. The van der Waals surface area contributed by atoms with Gasteiger partial charge in [-0.05, 0) is 35.0 Å². The van der Waals surface area contributed by atoms with Crippen LogP contribution in [0.2, 0.25) is 0 Å². The van der Waals surface area contributed by atoms with Crippen LogP contribution in [0, 0.1) is 0 Å². The number of halogens is 1. The number of nitrogen functional groups attached to an aromatic ring is 1. The van der Waals surface area contributed by atoms with E-state index in [0.717, 1.165) is 40.5 Å². The minimum Gasteiger partial charge on any atom is -0.398 e. The maximum absolute atomic E-state index is 5.74. The van der Waals surface area contributed by atoms with Crippen LogP contribution in [0.25, 0.3) is 0 Å². The number of guanidine groups is 1. The number of benzene rings is 1. The van der Waals surface area contributed by atoms with Crippen molar-refractivity contribution in [2.45, 2.75) is 6.92 Å². The summed E-state index contributed by atoms with van der Waals surface area (Å²) in [5.74, 6) is 0.846. The van der Waals surface area contributed by atoms with E-state index in [1.165, 1.54) is 0 Å². The molecule has 0 saturated heterocycles. The second kappa shape index (κ2) is 5.18. The molecule has 0 radical (unpaired) electrons. The third kappa shape index (κ3) is 2.97. The maximum atomic E-state index is 5.74. The van der Waals surface area contributed by atoms with Gasteiger partial charge in [-0.2, -0.15) is 5.43 Å². The van der Waals surface area contributed by atoms with Crippen LogP contribution in [0.1, 0.15) is 12.5 Å². The fourth-order valence-corrected chi connectivity index (χ4v) is 1.85. The Balaban J connectivity index is 2.09. The van der Waals surface area contributed by atoms with Crippen LogP contribution in [-0.2, 0) is 0 Å². The fraction of sp³-hybridized carbons (Fsp3) is 0.273. The van der Waals surface area contributed by atoms with Crippen molar-refractivity contribution in [3.8, 4) is 0 Å². The first-order chi connectivity index (χ1) is 8.16. The van der Waals surface area contributed by atoms with E-state index in [4.69, 9.17) is 5.73 Å². The number of anilines is 1. The molecule has 0 fully saturated rings. The van der Waals surface area contributed by atoms with Gasteiger partial charge in [-0.25, -0.2) is 0 Å². The minimum atomic E-state index is 0.725. The summed E-state index contributed by atoms with van der Waals surface area (Å²) in [6.45, 7) is 3.79. The summed E-state index contributed by atoms with van der Waals surface area (Å²) < 4.78 is 0.884. The molecule has 1 heterocycles. The normalized spacial score (nSPS) is 15.4. The summed E-state index contributed by atoms with van der Waals surface area (Å²) in [6.07, 6.45) is 0. The van der Waals surface area contributed by atoms with Crippen LogP contribution < -0.4 is 21.5 Å². The molecule has 0 unspecified atom stereocenters. The molecule has 0 spiro atoms. The summed E-state index contributed by atoms with van der Waals surface area (Å²) in [7, 11) is 0. The van der Waals surface area contributed by atoms with Gasteiger partial charge in [0.2, 0.25) is 0 Å². The third-order valence-corrected chi connectivity index (χ3v) is 3.17. The van der Waals surface area contributed by atoms with Crippen molar-refractivity contribution in [1.29, 1.82) is 0 Å². The van der Waals surface area contributed by atoms with Crippen molar-refractivity contribution in [2.75, 3.05) is 18.8 Å². The van der Waals surface area contributed by atoms with E-state index in [1.807, 2.05) is 25.1 Å². The van der Waals surface area contributed by atoms with Crippen molar-refractivity contribution < 1.29 is 4.99 Å². The Bertz CT molecular complexity index is 481. The molecule has 0 amide bonds. The number of hydrogen-bond donors (Lipinski definition) is 4. The molecule has 1 aliphatic heterocycles. The first kappa shape index (κ1) is 11.9. The standard InChI is InChI=1S/C11H14BrN5/c1-7(16-17-11-14-4-5-15-11)8-2-3-10(13)9(12)6-8/h2-3,6H,4-5,13H2,1H3,(H2,14,15,17)/p+1/b16-7+. The Kier molecular flexibility index (Phi) is 3.63. The summed E-state index contributed by atoms with van der Waals surface area (Å²) in [5.41, 5.74) is 11.3. The molecule has 2 rings (SSSR count). The second-order valence-electron chi connectivity index (χ2n) is 3.77. The van der Waals surface area contributed by atoms with Gasteiger partial charge in [-0.3, -0.25) is 10.3 Å². The number of rotatable bonds is 2. The fourth-order valence-electron chi connectivity index (χ4n) is 1.47. The quantitative estimate of drug-likeness (QED) is 0.334. The van der Waals surface area contributed by atoms with Crippen molar-refractivity contribution in [2.24, 2.45) is 5.10 Å². The largest absolute Gasteiger partial charge is 0.398 e. The molecule has 90 valence electrons. The van der Waals surface area contributed by atoms with E-state index < -0.39 is 0 Å². The van der Waals surface area contributed by atoms with Crippen molar-refractivity contribution in [1.82, 2.24) is 10.7 Å². The molecule has 1 aliphatic rings. The topological polar surface area (TPSA) is 76.4 Å². The minimum absolute atomic E-state index is 0.725. The predicted molar refractivity (Wildman–Crippen MR) is 72.7 cm³/mol. The Morgan fingerprint density at radius 2 is 2.41 bits per heavy atom. The number of hydrogen-bond acceptors (Lipinski definition) is 4. The van der Waals surface area contributed by atoms with Gasteiger partial charge in [0.15, 0.2) is 0 Å². The van der Waals surface area contributed by atoms with Crippen LogP contribution in [0.15, 0.2) is 27.8 Å². The lowest BCUT2D eigenvalue weighted by Crippen LogP contribution is -2.73. The SMILES string of the molecule is C/C(=N\NC1=[NH+]CCN1)c1ccc(N)c(Br)c1. The summed E-state index contributed by atoms with van der Waals surface area (Å²) in [5, 5.41) is 7.43. The summed E-state index contributed by atoms with van der Waals surface area (Å²) in [4.78, 5) is 3.14. The van der Waals surface area contributed by atoms with Crippen LogP contribution in [0.5, 0.6) is 0 Å². The number of nitrogens with two attached hydrogens (primary N) is 1. The highest BCUT2D eigenvalue weighted by atomic mass is 79.9. The number of nitrogens with zero attached hydrogens (tertiary/aromatic N) is 1. The lowest BCUT2D eigenvalue weighted by atomic mass is 10.1. The van der Waals surface area contributed by atoms with Gasteiger partial charge < -0.3 is 5.73 Å². The molecule has 1 aromatic carbocycles. The monoisotopic (exact) mass is 296 g/mol. The molecular formula is C11H15BrN5+. The van der Waals surface area contributed by atoms with E-state index in [0.29, 0.717) is 0 Å². The van der Waals surface area contributed by atoms with Crippen LogP contribution >= 0.6 is 15.9 Å². The van der Waals surface area contributed by atoms with Gasteiger partial charge in [-0.1, -0.05) is 6.07 Å². The first-order valence-electron chi connectivity index (χ1n) is 5.37. The Morgan fingerprint density at radius 1 is 1.59 bits per heavy atom. The number of nitrogens with one attached hydrogen (secondary N) is 3. The van der Waals surface area contributed by atoms with Crippen molar-refractivity contribution in [3.63, 3.8) is 0 Å². The summed E-state index contributed by atoms with van der Waals surface area (Å²) >= 11 is 3.40. The molecule has 0 saturated carbocycles. The Hall–Kier alpha value is -1.56. The maximum Gasteiger partial charge on any atom is 0.367 e. The predicted octanol–water partition coefficient (Wildman–Crippen LogP) is -0.615. The average Bonchev–Trinajstić information content (AvgIpc) is 2.82. The molecule has 1 aromatic rings. The Labute approximate surface area is 108 Å². The summed E-state index contributed by atoms with van der Waals surface area (Å²) in [6, 6.07) is 5.76. The van der Waals surface area contributed by atoms with Gasteiger partial charge in [0.05, 0.1) is 18.8 Å². The van der Waals surface area contributed by atoms with E-state index in [-0.39, 0.29) is 0 Å². The zero-order valence-corrected chi connectivity index (χ0v) is 11.1. The molecule has 0 aliphatic carbocycles. The molecule has 6 heteroatoms. The highest BCUT2D eigenvalue weighted by Crippen LogP contribution is 2.20. The van der Waals surface area contributed by atoms with Gasteiger partial charge in [0.25, 0.3) is 0 Å². The van der Waals surface area contributed by atoms with Gasteiger partial charge >= 0.3 is 5.96 Å². The molecule has 0 atom stereocenters. The lowest BCUT2D eigenvalue weighted by Gasteiger charge is -2.03. The van der Waals surface area contributed by atoms with Crippen LogP contribution in [-0.4, -0.2) is 24.8 Å². The smallest absolute Gasteiger partial charge is 0.367 e. The average molecular weight is 297 g/mol. The van der Waals surface area contributed by atoms with E-state index in [1.54, 1.807) is 0 Å². The molecule has 0 aromatic heterocycles. The molecule has 5 N–H and O–H groups in total. The van der Waals surface area contributed by atoms with Crippen molar-refractivity contribution >= 4 is 33.3 Å². The van der Waals surface area contributed by atoms with Gasteiger partial charge in [0.1, 0.15) is 0 Å². The Morgan fingerprint density at radius 3 is 3.06 bits per heavy atom. The molecular weight excluding hydrogens is 282 g/mol. The van der Waals surface area contributed by atoms with Crippen molar-refractivity contribution in [3.05, 3.63) is 28.2 Å². The molecule has 17 heavy (non-hydrogen) atoms. The van der Waals surface area contributed by atoms with E-state index in [2.05, 4.69) is 36.8 Å². The van der Waals surface area contributed by atoms with Crippen LogP contribution in [0.4, 0.5) is 5.69 Å². The lowest BCUT2D eigenvalue weighted by molar-refractivity contribution is -0.446. The van der Waals surface area contributed by atoms with Crippen LogP contribution in [0.3, 0.4) is 0 Å². The first-order valence-corrected chi connectivity index (χ1v) is 6.16. The highest BCUT2D eigenvalue weighted by molar-refractivity contribution is 9.10.